The summed E-state index contributed by atoms with van der Waals surface area (Å²) in [6, 6.07) is 21.8. The Morgan fingerprint density at radius 1 is 1.03 bits per heavy atom. The molecule has 0 spiro atoms. The molecule has 0 saturated carbocycles. The lowest BCUT2D eigenvalue weighted by Crippen LogP contribution is -2.21. The van der Waals surface area contributed by atoms with Gasteiger partial charge in [0, 0.05) is 16.7 Å². The van der Waals surface area contributed by atoms with Crippen LogP contribution in [0.2, 0.25) is 0 Å². The van der Waals surface area contributed by atoms with Crippen molar-refractivity contribution < 1.29 is 4.74 Å². The molecular formula is C26H23N3O2S. The predicted molar refractivity (Wildman–Crippen MR) is 131 cm³/mol. The van der Waals surface area contributed by atoms with Crippen molar-refractivity contribution in [1.82, 2.24) is 14.5 Å². The molecule has 160 valence electrons. The highest BCUT2D eigenvalue weighted by Crippen LogP contribution is 2.29. The van der Waals surface area contributed by atoms with Gasteiger partial charge in [0.15, 0.2) is 5.16 Å². The molecule has 0 unspecified atom stereocenters. The lowest BCUT2D eigenvalue weighted by molar-refractivity contribution is 0.414. The van der Waals surface area contributed by atoms with E-state index in [1.165, 1.54) is 16.7 Å². The molecule has 5 rings (SSSR count). The van der Waals surface area contributed by atoms with Crippen LogP contribution in [0.1, 0.15) is 16.7 Å². The summed E-state index contributed by atoms with van der Waals surface area (Å²) in [4.78, 5) is 21.9. The van der Waals surface area contributed by atoms with Gasteiger partial charge in [-0.2, -0.15) is 0 Å². The first-order valence-electron chi connectivity index (χ1n) is 10.4. The third-order valence-corrected chi connectivity index (χ3v) is 6.67. The molecular weight excluding hydrogens is 418 g/mol. The van der Waals surface area contributed by atoms with Crippen molar-refractivity contribution in [3.63, 3.8) is 0 Å². The molecule has 0 fully saturated rings. The predicted octanol–water partition coefficient (Wildman–Crippen LogP) is 5.78. The number of para-hydroxylation sites is 1. The smallest absolute Gasteiger partial charge is 0.283 e. The highest BCUT2D eigenvalue weighted by molar-refractivity contribution is 7.98. The molecule has 5 aromatic rings. The number of fused-ring (bicyclic) bond motifs is 3. The maximum Gasteiger partial charge on any atom is 0.283 e. The van der Waals surface area contributed by atoms with Gasteiger partial charge in [0.25, 0.3) is 5.56 Å². The minimum Gasteiger partial charge on any atom is -0.497 e. The fraction of sp³-hybridized carbons (Fsp3) is 0.154. The van der Waals surface area contributed by atoms with E-state index >= 15 is 0 Å². The fourth-order valence-corrected chi connectivity index (χ4v) is 4.97. The molecule has 2 aromatic heterocycles. The lowest BCUT2D eigenvalue weighted by atomic mass is 10.1. The normalized spacial score (nSPS) is 11.3. The van der Waals surface area contributed by atoms with Gasteiger partial charge in [0.2, 0.25) is 0 Å². The number of aromatic amines is 1. The quantitative estimate of drug-likeness (QED) is 0.277. The van der Waals surface area contributed by atoms with E-state index < -0.39 is 0 Å². The van der Waals surface area contributed by atoms with Crippen molar-refractivity contribution in [3.05, 3.63) is 93.8 Å². The van der Waals surface area contributed by atoms with Crippen molar-refractivity contribution in [3.8, 4) is 11.4 Å². The second-order valence-electron chi connectivity index (χ2n) is 7.85. The Balaban J connectivity index is 1.69. The molecule has 0 amide bonds. The third-order valence-electron chi connectivity index (χ3n) is 5.69. The van der Waals surface area contributed by atoms with Crippen molar-refractivity contribution in [2.45, 2.75) is 24.8 Å². The molecule has 2 heterocycles. The first-order chi connectivity index (χ1) is 15.5. The van der Waals surface area contributed by atoms with Crippen LogP contribution in [0.25, 0.3) is 27.6 Å². The van der Waals surface area contributed by atoms with Crippen LogP contribution < -0.4 is 10.3 Å². The number of aromatic nitrogens is 3. The Hall–Kier alpha value is -3.51. The van der Waals surface area contributed by atoms with E-state index in [2.05, 4.69) is 37.0 Å². The maximum absolute atomic E-state index is 13.7. The summed E-state index contributed by atoms with van der Waals surface area (Å²) in [5, 5.41) is 1.62. The first kappa shape index (κ1) is 20.4. The van der Waals surface area contributed by atoms with E-state index in [0.29, 0.717) is 16.2 Å². The van der Waals surface area contributed by atoms with Crippen LogP contribution >= 0.6 is 11.8 Å². The van der Waals surface area contributed by atoms with Crippen LogP contribution in [0.3, 0.4) is 0 Å². The van der Waals surface area contributed by atoms with Gasteiger partial charge in [0.05, 0.1) is 12.8 Å². The van der Waals surface area contributed by atoms with Gasteiger partial charge >= 0.3 is 0 Å². The van der Waals surface area contributed by atoms with Crippen molar-refractivity contribution in [1.29, 1.82) is 0 Å². The number of benzene rings is 3. The summed E-state index contributed by atoms with van der Waals surface area (Å²) in [5.41, 5.74) is 6.46. The number of ether oxygens (including phenoxy) is 1. The summed E-state index contributed by atoms with van der Waals surface area (Å²) in [5.74, 6) is 1.47. The Labute approximate surface area is 190 Å². The topological polar surface area (TPSA) is 59.9 Å². The summed E-state index contributed by atoms with van der Waals surface area (Å²) >= 11 is 1.58. The van der Waals surface area contributed by atoms with Crippen LogP contribution in [0.15, 0.2) is 76.7 Å². The van der Waals surface area contributed by atoms with Crippen molar-refractivity contribution in [2.24, 2.45) is 0 Å². The second-order valence-corrected chi connectivity index (χ2v) is 8.79. The van der Waals surface area contributed by atoms with Crippen LogP contribution in [0.4, 0.5) is 0 Å². The summed E-state index contributed by atoms with van der Waals surface area (Å²) in [7, 11) is 1.63. The average molecular weight is 442 g/mol. The highest BCUT2D eigenvalue weighted by Gasteiger charge is 2.17. The Morgan fingerprint density at radius 3 is 2.59 bits per heavy atom. The Bertz CT molecular complexity index is 1500. The van der Waals surface area contributed by atoms with Gasteiger partial charge in [-0.25, -0.2) is 4.98 Å². The zero-order valence-corrected chi connectivity index (χ0v) is 19.0. The van der Waals surface area contributed by atoms with Gasteiger partial charge in [0.1, 0.15) is 16.8 Å². The first-order valence-corrected chi connectivity index (χ1v) is 11.4. The number of methoxy groups -OCH3 is 1. The van der Waals surface area contributed by atoms with E-state index in [4.69, 9.17) is 9.72 Å². The number of aryl methyl sites for hydroxylation is 2. The summed E-state index contributed by atoms with van der Waals surface area (Å²) in [6.45, 7) is 4.21. The molecule has 1 N–H and O–H groups in total. The molecule has 0 aliphatic rings. The SMILES string of the molecule is COc1ccc(-n2c(SCc3cc(C)ccc3C)nc3c([nH]c4ccccc43)c2=O)cc1. The van der Waals surface area contributed by atoms with E-state index in [1.807, 2.05) is 48.5 Å². The van der Waals surface area contributed by atoms with E-state index in [1.54, 1.807) is 23.4 Å². The number of rotatable bonds is 5. The highest BCUT2D eigenvalue weighted by atomic mass is 32.2. The standard InChI is InChI=1S/C26H23N3O2S/c1-16-8-9-17(2)18(14-16)15-32-26-28-23-21-6-4-5-7-22(21)27-24(23)25(30)29(26)19-10-12-20(31-3)13-11-19/h4-14,27H,15H2,1-3H3. The number of hydrogen-bond acceptors (Lipinski definition) is 4. The largest absolute Gasteiger partial charge is 0.497 e. The van der Waals surface area contributed by atoms with Crippen molar-refractivity contribution in [2.75, 3.05) is 7.11 Å². The summed E-state index contributed by atoms with van der Waals surface area (Å²) < 4.78 is 6.98. The molecule has 3 aromatic carbocycles. The van der Waals surface area contributed by atoms with Crippen LogP contribution in [0.5, 0.6) is 5.75 Å². The van der Waals surface area contributed by atoms with Gasteiger partial charge < -0.3 is 9.72 Å². The monoisotopic (exact) mass is 441 g/mol. The Morgan fingerprint density at radius 2 is 1.81 bits per heavy atom. The number of thioether (sulfide) groups is 1. The van der Waals surface area contributed by atoms with E-state index in [9.17, 15) is 4.79 Å². The van der Waals surface area contributed by atoms with Crippen LogP contribution in [0, 0.1) is 13.8 Å². The van der Waals surface area contributed by atoms with Gasteiger partial charge in [-0.15, -0.1) is 0 Å². The summed E-state index contributed by atoms with van der Waals surface area (Å²) in [6.07, 6.45) is 0. The van der Waals surface area contributed by atoms with E-state index in [0.717, 1.165) is 28.1 Å². The molecule has 6 heteroatoms. The van der Waals surface area contributed by atoms with Crippen LogP contribution in [-0.4, -0.2) is 21.6 Å². The molecule has 0 atom stereocenters. The Kier molecular flexibility index (Phi) is 5.23. The zero-order valence-electron chi connectivity index (χ0n) is 18.2. The molecule has 0 saturated heterocycles. The minimum absolute atomic E-state index is 0.111. The van der Waals surface area contributed by atoms with Crippen molar-refractivity contribution >= 4 is 33.7 Å². The number of H-pyrrole nitrogens is 1. The number of nitrogens with zero attached hydrogens (tertiary/aromatic N) is 2. The van der Waals surface area contributed by atoms with Gasteiger partial charge in [-0.1, -0.05) is 53.7 Å². The number of hydrogen-bond donors (Lipinski definition) is 1. The van der Waals surface area contributed by atoms with Gasteiger partial charge in [-0.05, 0) is 55.3 Å². The fourth-order valence-electron chi connectivity index (χ4n) is 3.90. The lowest BCUT2D eigenvalue weighted by Gasteiger charge is -2.13. The zero-order chi connectivity index (χ0) is 22.2. The molecule has 32 heavy (non-hydrogen) atoms. The molecule has 0 aliphatic carbocycles. The molecule has 0 aliphatic heterocycles. The third kappa shape index (κ3) is 3.56. The average Bonchev–Trinajstić information content (AvgIpc) is 3.19. The van der Waals surface area contributed by atoms with E-state index in [-0.39, 0.29) is 5.56 Å². The molecule has 0 bridgehead atoms. The van der Waals surface area contributed by atoms with Crippen LogP contribution in [-0.2, 0) is 5.75 Å². The maximum atomic E-state index is 13.7. The minimum atomic E-state index is -0.111. The molecule has 0 radical (unpaired) electrons. The number of nitrogens with one attached hydrogen (secondary N) is 1. The second kappa shape index (κ2) is 8.20. The van der Waals surface area contributed by atoms with Gasteiger partial charge in [-0.3, -0.25) is 9.36 Å². The molecule has 5 nitrogen and oxygen atoms in total.